The van der Waals surface area contributed by atoms with Crippen LogP contribution in [0.5, 0.6) is 0 Å². The number of rotatable bonds is 5. The van der Waals surface area contributed by atoms with Crippen molar-refractivity contribution < 1.29 is 12.8 Å². The highest BCUT2D eigenvalue weighted by molar-refractivity contribution is 7.94. The molecule has 0 fully saturated rings. The molecule has 0 aliphatic rings. The highest BCUT2D eigenvalue weighted by Crippen LogP contribution is 2.24. The second-order valence-electron chi connectivity index (χ2n) is 3.87. The lowest BCUT2D eigenvalue weighted by atomic mass is 10.3. The van der Waals surface area contributed by atoms with E-state index in [0.717, 1.165) is 4.88 Å². The third-order valence-electron chi connectivity index (χ3n) is 2.39. The van der Waals surface area contributed by atoms with Crippen LogP contribution in [0.2, 0.25) is 0 Å². The summed E-state index contributed by atoms with van der Waals surface area (Å²) in [5.41, 5.74) is 5.75. The van der Waals surface area contributed by atoms with Crippen LogP contribution in [0.15, 0.2) is 40.6 Å². The molecular weight excluding hydrogens is 287 g/mol. The normalized spacial score (nSPS) is 11.5. The van der Waals surface area contributed by atoms with E-state index >= 15 is 0 Å². The SMILES string of the molecule is NCCc1ccc(S(=O)(=O)Nc2ccc(F)cc2)s1. The average Bonchev–Trinajstić information content (AvgIpc) is 2.82. The van der Waals surface area contributed by atoms with Gasteiger partial charge in [0.2, 0.25) is 0 Å². The molecule has 1 heterocycles. The van der Waals surface area contributed by atoms with Gasteiger partial charge in [0.05, 0.1) is 0 Å². The Morgan fingerprint density at radius 2 is 1.84 bits per heavy atom. The molecule has 0 atom stereocenters. The molecule has 0 amide bonds. The molecule has 2 rings (SSSR count). The van der Waals surface area contributed by atoms with Crippen LogP contribution in [-0.2, 0) is 16.4 Å². The average molecular weight is 300 g/mol. The molecule has 2 aromatic rings. The molecular formula is C12H13FN2O2S2. The summed E-state index contributed by atoms with van der Waals surface area (Å²) in [6.45, 7) is 0.478. The van der Waals surface area contributed by atoms with Crippen LogP contribution in [0.25, 0.3) is 0 Å². The van der Waals surface area contributed by atoms with Crippen molar-refractivity contribution in [3.05, 3.63) is 47.1 Å². The molecule has 7 heteroatoms. The highest BCUT2D eigenvalue weighted by atomic mass is 32.2. The van der Waals surface area contributed by atoms with E-state index in [4.69, 9.17) is 5.73 Å². The van der Waals surface area contributed by atoms with Gasteiger partial charge >= 0.3 is 0 Å². The van der Waals surface area contributed by atoms with E-state index in [0.29, 0.717) is 18.7 Å². The van der Waals surface area contributed by atoms with Gasteiger partial charge in [-0.1, -0.05) is 0 Å². The predicted octanol–water partition coefficient (Wildman–Crippen LogP) is 2.19. The molecule has 3 N–H and O–H groups in total. The summed E-state index contributed by atoms with van der Waals surface area (Å²) in [5, 5.41) is 0. The number of thiophene rings is 1. The van der Waals surface area contributed by atoms with E-state index < -0.39 is 15.8 Å². The summed E-state index contributed by atoms with van der Waals surface area (Å²) in [7, 11) is -3.62. The third-order valence-corrected chi connectivity index (χ3v) is 5.41. The molecule has 102 valence electrons. The Morgan fingerprint density at radius 1 is 1.16 bits per heavy atom. The Morgan fingerprint density at radius 3 is 2.47 bits per heavy atom. The lowest BCUT2D eigenvalue weighted by molar-refractivity contribution is 0.603. The number of hydrogen-bond donors (Lipinski definition) is 2. The van der Waals surface area contributed by atoms with Crippen molar-refractivity contribution in [3.63, 3.8) is 0 Å². The van der Waals surface area contributed by atoms with Crippen molar-refractivity contribution in [2.45, 2.75) is 10.6 Å². The van der Waals surface area contributed by atoms with E-state index in [9.17, 15) is 12.8 Å². The Hall–Kier alpha value is -1.44. The Balaban J connectivity index is 2.19. The first kappa shape index (κ1) is 14.0. The number of sulfonamides is 1. The molecule has 1 aromatic carbocycles. The van der Waals surface area contributed by atoms with Crippen molar-refractivity contribution in [1.29, 1.82) is 0 Å². The molecule has 0 aliphatic carbocycles. The van der Waals surface area contributed by atoms with Gasteiger partial charge in [-0.05, 0) is 49.4 Å². The maximum Gasteiger partial charge on any atom is 0.271 e. The molecule has 0 bridgehead atoms. The Kier molecular flexibility index (Phi) is 4.18. The summed E-state index contributed by atoms with van der Waals surface area (Å²) in [4.78, 5) is 0.919. The third kappa shape index (κ3) is 3.52. The van der Waals surface area contributed by atoms with Gasteiger partial charge < -0.3 is 5.73 Å². The predicted molar refractivity (Wildman–Crippen MR) is 74.3 cm³/mol. The van der Waals surface area contributed by atoms with Crippen molar-refractivity contribution in [2.75, 3.05) is 11.3 Å². The zero-order chi connectivity index (χ0) is 13.9. The van der Waals surface area contributed by atoms with Crippen molar-refractivity contribution in [2.24, 2.45) is 5.73 Å². The number of hydrogen-bond acceptors (Lipinski definition) is 4. The highest BCUT2D eigenvalue weighted by Gasteiger charge is 2.16. The van der Waals surface area contributed by atoms with E-state index in [2.05, 4.69) is 4.72 Å². The molecule has 0 saturated heterocycles. The fraction of sp³-hybridized carbons (Fsp3) is 0.167. The van der Waals surface area contributed by atoms with Crippen LogP contribution in [0, 0.1) is 5.82 Å². The summed E-state index contributed by atoms with van der Waals surface area (Å²) >= 11 is 1.18. The Labute approximate surface area is 115 Å². The van der Waals surface area contributed by atoms with Crippen LogP contribution in [0.3, 0.4) is 0 Å². The second-order valence-corrected chi connectivity index (χ2v) is 6.95. The topological polar surface area (TPSA) is 72.2 Å². The molecule has 4 nitrogen and oxygen atoms in total. The van der Waals surface area contributed by atoms with Crippen LogP contribution in [0.1, 0.15) is 4.88 Å². The summed E-state index contributed by atoms with van der Waals surface area (Å²) in [5.74, 6) is -0.413. The number of benzene rings is 1. The first-order chi connectivity index (χ1) is 9.01. The van der Waals surface area contributed by atoms with Crippen molar-refractivity contribution >= 4 is 27.0 Å². The smallest absolute Gasteiger partial charge is 0.271 e. The van der Waals surface area contributed by atoms with Crippen molar-refractivity contribution in [1.82, 2.24) is 0 Å². The number of nitrogens with two attached hydrogens (primary N) is 1. The van der Waals surface area contributed by atoms with E-state index in [1.165, 1.54) is 35.6 Å². The first-order valence-electron chi connectivity index (χ1n) is 5.58. The van der Waals surface area contributed by atoms with Gasteiger partial charge in [-0.25, -0.2) is 12.8 Å². The zero-order valence-corrected chi connectivity index (χ0v) is 11.6. The molecule has 0 radical (unpaired) electrons. The largest absolute Gasteiger partial charge is 0.330 e. The van der Waals surface area contributed by atoms with Crippen LogP contribution in [0.4, 0.5) is 10.1 Å². The molecule has 0 saturated carbocycles. The maximum atomic E-state index is 12.7. The van der Waals surface area contributed by atoms with Crippen molar-refractivity contribution in [3.8, 4) is 0 Å². The quantitative estimate of drug-likeness (QED) is 0.889. The van der Waals surface area contributed by atoms with Gasteiger partial charge in [-0.3, -0.25) is 4.72 Å². The van der Waals surface area contributed by atoms with Crippen LogP contribution in [-0.4, -0.2) is 15.0 Å². The molecule has 19 heavy (non-hydrogen) atoms. The number of anilines is 1. The van der Waals surface area contributed by atoms with Crippen LogP contribution >= 0.6 is 11.3 Å². The molecule has 0 spiro atoms. The number of halogens is 1. The van der Waals surface area contributed by atoms with Gasteiger partial charge in [-0.15, -0.1) is 11.3 Å². The van der Waals surface area contributed by atoms with Crippen LogP contribution < -0.4 is 10.5 Å². The molecule has 0 aliphatic heterocycles. The van der Waals surface area contributed by atoms with Gasteiger partial charge in [0.15, 0.2) is 0 Å². The van der Waals surface area contributed by atoms with Gasteiger partial charge in [0.25, 0.3) is 10.0 Å². The first-order valence-corrected chi connectivity index (χ1v) is 7.88. The fourth-order valence-electron chi connectivity index (χ4n) is 1.50. The minimum atomic E-state index is -3.62. The van der Waals surface area contributed by atoms with Gasteiger partial charge in [0, 0.05) is 10.6 Å². The fourth-order valence-corrected chi connectivity index (χ4v) is 3.93. The van der Waals surface area contributed by atoms with E-state index in [1.807, 2.05) is 0 Å². The van der Waals surface area contributed by atoms with Gasteiger partial charge in [0.1, 0.15) is 10.0 Å². The maximum absolute atomic E-state index is 12.7. The summed E-state index contributed by atoms with van der Waals surface area (Å²) < 4.78 is 39.5. The minimum Gasteiger partial charge on any atom is -0.330 e. The summed E-state index contributed by atoms with van der Waals surface area (Å²) in [6.07, 6.45) is 0.650. The minimum absolute atomic E-state index is 0.222. The number of nitrogens with one attached hydrogen (secondary N) is 1. The zero-order valence-electron chi connectivity index (χ0n) is 9.97. The standard InChI is InChI=1S/C12H13FN2O2S2/c13-9-1-3-10(4-2-9)15-19(16,17)12-6-5-11(18-12)7-8-14/h1-6,15H,7-8,14H2. The lowest BCUT2D eigenvalue weighted by Gasteiger charge is -2.05. The van der Waals surface area contributed by atoms with E-state index in [1.54, 1.807) is 12.1 Å². The van der Waals surface area contributed by atoms with Gasteiger partial charge in [-0.2, -0.15) is 0 Å². The Bertz CT molecular complexity index is 651. The second kappa shape index (κ2) is 5.68. The van der Waals surface area contributed by atoms with E-state index in [-0.39, 0.29) is 4.21 Å². The molecule has 0 unspecified atom stereocenters. The monoisotopic (exact) mass is 300 g/mol. The molecule has 1 aromatic heterocycles. The summed E-state index contributed by atoms with van der Waals surface area (Å²) in [6, 6.07) is 8.44. The lowest BCUT2D eigenvalue weighted by Crippen LogP contribution is -2.11.